The minimum Gasteiger partial charge on any atom is -0.477 e. The molecule has 0 fully saturated rings. The van der Waals surface area contributed by atoms with Gasteiger partial charge in [0.15, 0.2) is 5.69 Å². The fourth-order valence-electron chi connectivity index (χ4n) is 3.78. The third-order valence-corrected chi connectivity index (χ3v) is 5.02. The first kappa shape index (κ1) is 22.4. The Hall–Kier alpha value is -3.82. The average molecular weight is 457 g/mol. The summed E-state index contributed by atoms with van der Waals surface area (Å²) in [7, 11) is 1.70. The number of fused-ring (bicyclic) bond motifs is 2. The van der Waals surface area contributed by atoms with Crippen LogP contribution in [0.15, 0.2) is 24.5 Å². The van der Waals surface area contributed by atoms with Crippen molar-refractivity contribution in [3.63, 3.8) is 0 Å². The van der Waals surface area contributed by atoms with Crippen LogP contribution in [0.4, 0.5) is 8.78 Å². The van der Waals surface area contributed by atoms with E-state index in [1.165, 1.54) is 9.36 Å². The number of H-pyrrole nitrogens is 1. The van der Waals surface area contributed by atoms with E-state index >= 15 is 0 Å². The van der Waals surface area contributed by atoms with Crippen LogP contribution in [0.1, 0.15) is 24.2 Å². The normalized spacial score (nSPS) is 12.8. The third-order valence-electron chi connectivity index (χ3n) is 5.02. The molecule has 33 heavy (non-hydrogen) atoms. The van der Waals surface area contributed by atoms with Crippen LogP contribution >= 0.6 is 0 Å². The number of nitrogens with one attached hydrogen (secondary N) is 1. The number of hydrogen-bond donors (Lipinski definition) is 3. The smallest absolute Gasteiger partial charge is 0.282 e. The highest BCUT2D eigenvalue weighted by atomic mass is 19.3. The summed E-state index contributed by atoms with van der Waals surface area (Å²) in [6.07, 6.45) is 1.21. The summed E-state index contributed by atoms with van der Waals surface area (Å²) in [5, 5.41) is 33.8. The van der Waals surface area contributed by atoms with E-state index in [0.717, 1.165) is 0 Å². The van der Waals surface area contributed by atoms with Crippen molar-refractivity contribution in [2.75, 3.05) is 19.8 Å². The number of pyridine rings is 1. The Labute approximate surface area is 186 Å². The minimum atomic E-state index is -2.79. The fourth-order valence-corrected chi connectivity index (χ4v) is 3.78. The van der Waals surface area contributed by atoms with Gasteiger partial charge in [0.1, 0.15) is 17.4 Å². The molecule has 0 aliphatic carbocycles. The Morgan fingerprint density at radius 1 is 1.27 bits per heavy atom. The van der Waals surface area contributed by atoms with E-state index < -0.39 is 6.43 Å². The lowest BCUT2D eigenvalue weighted by molar-refractivity contribution is 0.145. The molecule has 5 heterocycles. The van der Waals surface area contributed by atoms with Crippen LogP contribution in [0.5, 0.6) is 5.88 Å². The summed E-state index contributed by atoms with van der Waals surface area (Å²) in [5.74, 6) is 0.293. The molecule has 0 bridgehead atoms. The van der Waals surface area contributed by atoms with Crippen LogP contribution in [-0.2, 0) is 13.6 Å². The number of halogens is 2. The quantitative estimate of drug-likeness (QED) is 0.428. The van der Waals surface area contributed by atoms with Gasteiger partial charge in [0.05, 0.1) is 31.1 Å². The van der Waals surface area contributed by atoms with Crippen LogP contribution in [-0.4, -0.2) is 59.6 Å². The highest BCUT2D eigenvalue weighted by Crippen LogP contribution is 2.46. The molecule has 3 N–H and O–H groups in total. The summed E-state index contributed by atoms with van der Waals surface area (Å²) in [4.78, 5) is 7.47. The molecular formula is C21H21F2N7O3. The topological polar surface area (TPSA) is 138 Å². The zero-order chi connectivity index (χ0) is 23.5. The molecule has 12 heteroatoms. The molecule has 1 aliphatic heterocycles. The molecule has 172 valence electrons. The summed E-state index contributed by atoms with van der Waals surface area (Å²) in [6.45, 7) is 0.671. The van der Waals surface area contributed by atoms with E-state index in [2.05, 4.69) is 26.2 Å². The van der Waals surface area contributed by atoms with Gasteiger partial charge in [0.2, 0.25) is 5.88 Å². The second-order valence-electron chi connectivity index (χ2n) is 7.19. The van der Waals surface area contributed by atoms with Crippen LogP contribution in [0.25, 0.3) is 33.4 Å². The molecule has 0 aromatic carbocycles. The highest BCUT2D eigenvalue weighted by Gasteiger charge is 2.32. The van der Waals surface area contributed by atoms with E-state index in [1.54, 1.807) is 25.5 Å². The maximum atomic E-state index is 13.9. The lowest BCUT2D eigenvalue weighted by atomic mass is 9.99. The number of aromatic nitrogens is 6. The van der Waals surface area contributed by atoms with Gasteiger partial charge in [-0.2, -0.15) is 15.5 Å². The Morgan fingerprint density at radius 2 is 2.06 bits per heavy atom. The maximum Gasteiger partial charge on any atom is 0.282 e. The van der Waals surface area contributed by atoms with Gasteiger partial charge in [-0.25, -0.2) is 18.4 Å². The number of aliphatic hydroxyl groups excluding tert-OH is 2. The second-order valence-corrected chi connectivity index (χ2v) is 7.19. The second kappa shape index (κ2) is 9.35. The number of rotatable bonds is 4. The monoisotopic (exact) mass is 457 g/mol. The zero-order valence-electron chi connectivity index (χ0n) is 17.7. The van der Waals surface area contributed by atoms with Crippen molar-refractivity contribution >= 4 is 11.0 Å². The Bertz CT molecular complexity index is 1320. The molecule has 0 unspecified atom stereocenters. The Morgan fingerprint density at radius 3 is 2.76 bits per heavy atom. The Balaban J connectivity index is 0.000000601. The van der Waals surface area contributed by atoms with Gasteiger partial charge < -0.3 is 19.9 Å². The van der Waals surface area contributed by atoms with Crippen molar-refractivity contribution in [2.45, 2.75) is 19.4 Å². The van der Waals surface area contributed by atoms with E-state index in [9.17, 15) is 14.0 Å². The summed E-state index contributed by atoms with van der Waals surface area (Å²) in [6, 6.07) is 5.65. The number of nitrogens with zero attached hydrogens (tertiary/aromatic N) is 6. The number of aromatic amines is 1. The number of aryl methyl sites for hydroxylation is 2. The number of ether oxygens (including phenoxy) is 1. The van der Waals surface area contributed by atoms with E-state index in [0.29, 0.717) is 53.3 Å². The molecule has 0 amide bonds. The van der Waals surface area contributed by atoms with Gasteiger partial charge in [-0.1, -0.05) is 0 Å². The van der Waals surface area contributed by atoms with E-state index in [4.69, 9.17) is 14.9 Å². The molecule has 5 rings (SSSR count). The van der Waals surface area contributed by atoms with Crippen LogP contribution in [0, 0.1) is 11.3 Å². The molecular weight excluding hydrogens is 436 g/mol. The van der Waals surface area contributed by atoms with Crippen molar-refractivity contribution in [1.82, 2.24) is 29.5 Å². The summed E-state index contributed by atoms with van der Waals surface area (Å²) in [5.41, 5.74) is 2.03. The third kappa shape index (κ3) is 4.04. The Kier molecular flexibility index (Phi) is 6.34. The molecule has 1 aliphatic rings. The molecule has 4 aromatic rings. The standard InChI is InChI=1S/C19H15F2N7O.C2H6O2/c1-27-9-11(12(8-22)25-27)13-10-4-2-5-23-18(10)24-15(13)14-16(17(20)21)26-28-6-3-7-29-19(14)28;3-1-2-4/h2,4-5,9,17H,3,6-7H2,1H3,(H,23,24);3-4H,1-2H2. The number of nitriles is 1. The largest absolute Gasteiger partial charge is 0.477 e. The first-order valence-electron chi connectivity index (χ1n) is 10.1. The molecule has 4 aromatic heterocycles. The molecule has 0 saturated carbocycles. The van der Waals surface area contributed by atoms with Crippen LogP contribution < -0.4 is 4.74 Å². The maximum absolute atomic E-state index is 13.9. The van der Waals surface area contributed by atoms with Gasteiger partial charge in [-0.05, 0) is 12.1 Å². The first-order valence-corrected chi connectivity index (χ1v) is 10.1. The molecule has 10 nitrogen and oxygen atoms in total. The van der Waals surface area contributed by atoms with Crippen molar-refractivity contribution in [1.29, 1.82) is 5.26 Å². The molecule has 0 radical (unpaired) electrons. The molecule has 0 atom stereocenters. The SMILES string of the molecule is Cn1cc(-c2c(-c3c(C(F)F)nn4c3OCCC4)[nH]c3ncccc23)c(C#N)n1.OCCO. The fraction of sp³-hybridized carbons (Fsp3) is 0.333. The van der Waals surface area contributed by atoms with Crippen molar-refractivity contribution in [2.24, 2.45) is 7.05 Å². The lowest BCUT2D eigenvalue weighted by Crippen LogP contribution is -2.15. The van der Waals surface area contributed by atoms with Crippen molar-refractivity contribution in [3.8, 4) is 34.3 Å². The van der Waals surface area contributed by atoms with Gasteiger partial charge >= 0.3 is 0 Å². The van der Waals surface area contributed by atoms with Gasteiger partial charge in [-0.15, -0.1) is 0 Å². The number of aliphatic hydroxyl groups is 2. The molecule has 0 spiro atoms. The zero-order valence-corrected chi connectivity index (χ0v) is 17.7. The van der Waals surface area contributed by atoms with E-state index in [1.807, 2.05) is 6.07 Å². The highest BCUT2D eigenvalue weighted by molar-refractivity contribution is 6.04. The minimum absolute atomic E-state index is 0.125. The van der Waals surface area contributed by atoms with Crippen LogP contribution in [0.2, 0.25) is 0 Å². The predicted octanol–water partition coefficient (Wildman–Crippen LogP) is 2.39. The summed E-state index contributed by atoms with van der Waals surface area (Å²) < 4.78 is 36.5. The van der Waals surface area contributed by atoms with Crippen molar-refractivity contribution < 1.29 is 23.7 Å². The van der Waals surface area contributed by atoms with Gasteiger partial charge in [0, 0.05) is 48.9 Å². The van der Waals surface area contributed by atoms with Crippen LogP contribution in [0.3, 0.4) is 0 Å². The molecule has 0 saturated heterocycles. The van der Waals surface area contributed by atoms with E-state index in [-0.39, 0.29) is 30.2 Å². The summed E-state index contributed by atoms with van der Waals surface area (Å²) >= 11 is 0. The lowest BCUT2D eigenvalue weighted by Gasteiger charge is -2.16. The number of hydrogen-bond acceptors (Lipinski definition) is 7. The van der Waals surface area contributed by atoms with Crippen molar-refractivity contribution in [3.05, 3.63) is 35.9 Å². The van der Waals surface area contributed by atoms with Gasteiger partial charge in [0.25, 0.3) is 6.43 Å². The first-order chi connectivity index (χ1) is 16.0. The predicted molar refractivity (Wildman–Crippen MR) is 113 cm³/mol. The average Bonchev–Trinajstić information content (AvgIpc) is 3.50. The number of alkyl halides is 2. The van der Waals surface area contributed by atoms with Gasteiger partial charge in [-0.3, -0.25) is 4.68 Å².